The molecule has 0 aliphatic heterocycles. The van der Waals surface area contributed by atoms with E-state index in [4.69, 9.17) is 20.1 Å². The van der Waals surface area contributed by atoms with E-state index < -0.39 is 0 Å². The van der Waals surface area contributed by atoms with Gasteiger partial charge in [-0.05, 0) is 12.0 Å². The van der Waals surface area contributed by atoms with Crippen molar-refractivity contribution in [3.8, 4) is 11.3 Å². The number of anilines is 2. The van der Waals surface area contributed by atoms with Crippen LogP contribution in [-0.2, 0) is 27.9 Å². The summed E-state index contributed by atoms with van der Waals surface area (Å²) in [6, 6.07) is 9.39. The van der Waals surface area contributed by atoms with Gasteiger partial charge in [0.25, 0.3) is 0 Å². The molecule has 0 radical (unpaired) electrons. The Morgan fingerprint density at radius 3 is 2.65 bits per heavy atom. The van der Waals surface area contributed by atoms with E-state index in [1.165, 1.54) is 6.33 Å². The molecule has 0 unspecified atom stereocenters. The fraction of sp³-hybridized carbons (Fsp3) is 0.375. The molecule has 4 aromatic rings. The minimum Gasteiger partial charge on any atom is -0.385 e. The summed E-state index contributed by atoms with van der Waals surface area (Å²) in [6.07, 6.45) is 2.44. The van der Waals surface area contributed by atoms with Crippen LogP contribution in [0, 0.1) is 0 Å². The molecule has 0 saturated heterocycles. The molecule has 0 aliphatic carbocycles. The van der Waals surface area contributed by atoms with Crippen LogP contribution in [0.4, 0.5) is 11.6 Å². The largest absolute Gasteiger partial charge is 0.385 e. The van der Waals surface area contributed by atoms with Gasteiger partial charge in [-0.3, -0.25) is 4.79 Å². The van der Waals surface area contributed by atoms with Crippen molar-refractivity contribution in [2.24, 2.45) is 0 Å². The van der Waals surface area contributed by atoms with Crippen LogP contribution in [0.2, 0.25) is 0 Å². The second-order valence-corrected chi connectivity index (χ2v) is 9.12. The highest BCUT2D eigenvalue weighted by atomic mass is 16.5. The van der Waals surface area contributed by atoms with Crippen LogP contribution in [0.1, 0.15) is 38.5 Å². The first-order valence-electron chi connectivity index (χ1n) is 11.1. The molecule has 1 amide bonds. The SMILES string of the molecule is COCCCn1nc(-c2ccc(CC(=O)Nc3cc(C(C)(C)C)on3)cc2)c2c(N)ncnc21. The fourth-order valence-corrected chi connectivity index (χ4v) is 3.59. The number of amides is 1. The van der Waals surface area contributed by atoms with Gasteiger partial charge >= 0.3 is 0 Å². The van der Waals surface area contributed by atoms with Crippen molar-refractivity contribution in [2.45, 2.75) is 45.6 Å². The van der Waals surface area contributed by atoms with E-state index in [1.807, 2.05) is 49.7 Å². The Kier molecular flexibility index (Phi) is 6.60. The topological polar surface area (TPSA) is 134 Å². The Morgan fingerprint density at radius 2 is 1.97 bits per heavy atom. The molecule has 34 heavy (non-hydrogen) atoms. The minimum atomic E-state index is -0.179. The van der Waals surface area contributed by atoms with Gasteiger partial charge < -0.3 is 20.3 Å². The first-order valence-corrected chi connectivity index (χ1v) is 11.1. The van der Waals surface area contributed by atoms with E-state index in [1.54, 1.807) is 13.2 Å². The van der Waals surface area contributed by atoms with Gasteiger partial charge in [0.1, 0.15) is 23.6 Å². The number of methoxy groups -OCH3 is 1. The lowest BCUT2D eigenvalue weighted by Gasteiger charge is -2.12. The molecule has 0 bridgehead atoms. The molecule has 0 aliphatic rings. The highest BCUT2D eigenvalue weighted by Gasteiger charge is 2.21. The average Bonchev–Trinajstić information content (AvgIpc) is 3.40. The number of ether oxygens (including phenoxy) is 1. The van der Waals surface area contributed by atoms with Gasteiger partial charge in [0.2, 0.25) is 5.91 Å². The van der Waals surface area contributed by atoms with Crippen LogP contribution in [0.5, 0.6) is 0 Å². The first kappa shape index (κ1) is 23.4. The van der Waals surface area contributed by atoms with E-state index in [-0.39, 0.29) is 17.7 Å². The fourth-order valence-electron chi connectivity index (χ4n) is 3.59. The maximum Gasteiger partial charge on any atom is 0.230 e. The maximum atomic E-state index is 12.5. The van der Waals surface area contributed by atoms with E-state index in [9.17, 15) is 4.79 Å². The van der Waals surface area contributed by atoms with Gasteiger partial charge in [-0.25, -0.2) is 14.6 Å². The van der Waals surface area contributed by atoms with E-state index in [0.29, 0.717) is 47.3 Å². The lowest BCUT2D eigenvalue weighted by atomic mass is 9.93. The summed E-state index contributed by atoms with van der Waals surface area (Å²) in [4.78, 5) is 21.0. The number of fused-ring (bicyclic) bond motifs is 1. The monoisotopic (exact) mass is 463 g/mol. The van der Waals surface area contributed by atoms with Crippen LogP contribution in [0.15, 0.2) is 41.2 Å². The standard InChI is InChI=1S/C24H29N7O3/c1-24(2,3)17-13-18(30-34-17)28-19(32)12-15-6-8-16(9-7-15)21-20-22(25)26-14-27-23(20)31(29-21)10-5-11-33-4/h6-9,13-14H,5,10-12H2,1-4H3,(H2,25,26,27)(H,28,30,32). The zero-order valence-corrected chi connectivity index (χ0v) is 19.8. The van der Waals surface area contributed by atoms with Crippen molar-refractivity contribution in [2.75, 3.05) is 24.8 Å². The summed E-state index contributed by atoms with van der Waals surface area (Å²) in [5, 5.41) is 12.2. The number of aryl methyl sites for hydroxylation is 1. The van der Waals surface area contributed by atoms with Gasteiger partial charge in [-0.15, -0.1) is 0 Å². The van der Waals surface area contributed by atoms with Crippen LogP contribution in [0.3, 0.4) is 0 Å². The van der Waals surface area contributed by atoms with Crippen molar-refractivity contribution >= 4 is 28.6 Å². The number of hydrogen-bond acceptors (Lipinski definition) is 8. The molecule has 0 atom stereocenters. The van der Waals surface area contributed by atoms with Crippen LogP contribution in [0.25, 0.3) is 22.3 Å². The summed E-state index contributed by atoms with van der Waals surface area (Å²) < 4.78 is 12.3. The van der Waals surface area contributed by atoms with Gasteiger partial charge in [-0.1, -0.05) is 50.2 Å². The van der Waals surface area contributed by atoms with Crippen molar-refractivity contribution in [1.82, 2.24) is 24.9 Å². The molecule has 178 valence electrons. The highest BCUT2D eigenvalue weighted by Crippen LogP contribution is 2.30. The Labute approximate surface area is 197 Å². The lowest BCUT2D eigenvalue weighted by molar-refractivity contribution is -0.115. The Hall–Kier alpha value is -3.79. The minimum absolute atomic E-state index is 0.174. The quantitative estimate of drug-likeness (QED) is 0.379. The summed E-state index contributed by atoms with van der Waals surface area (Å²) in [7, 11) is 1.67. The third-order valence-electron chi connectivity index (χ3n) is 5.39. The molecule has 0 spiro atoms. The maximum absolute atomic E-state index is 12.5. The predicted octanol–water partition coefficient (Wildman–Crippen LogP) is 3.58. The number of aromatic nitrogens is 5. The number of carbonyl (C=O) groups is 1. The lowest BCUT2D eigenvalue weighted by Crippen LogP contribution is -2.14. The second kappa shape index (κ2) is 9.60. The van der Waals surface area contributed by atoms with Crippen molar-refractivity contribution in [3.05, 3.63) is 48.0 Å². The zero-order chi connectivity index (χ0) is 24.3. The van der Waals surface area contributed by atoms with Crippen LogP contribution >= 0.6 is 0 Å². The predicted molar refractivity (Wildman–Crippen MR) is 129 cm³/mol. The molecule has 3 heterocycles. The van der Waals surface area contributed by atoms with Crippen molar-refractivity contribution in [3.63, 3.8) is 0 Å². The highest BCUT2D eigenvalue weighted by molar-refractivity contribution is 5.98. The van der Waals surface area contributed by atoms with E-state index >= 15 is 0 Å². The van der Waals surface area contributed by atoms with Gasteiger partial charge in [0.15, 0.2) is 11.5 Å². The third kappa shape index (κ3) is 5.07. The Bertz CT molecular complexity index is 1290. The molecular weight excluding hydrogens is 434 g/mol. The van der Waals surface area contributed by atoms with Crippen LogP contribution in [-0.4, -0.2) is 44.5 Å². The number of carbonyl (C=O) groups excluding carboxylic acids is 1. The molecule has 10 heteroatoms. The number of nitrogens with zero attached hydrogens (tertiary/aromatic N) is 5. The van der Waals surface area contributed by atoms with Gasteiger partial charge in [0.05, 0.1) is 11.8 Å². The summed E-state index contributed by atoms with van der Waals surface area (Å²) in [6.45, 7) is 7.34. The Balaban J connectivity index is 1.50. The molecule has 3 N–H and O–H groups in total. The third-order valence-corrected chi connectivity index (χ3v) is 5.39. The summed E-state index contributed by atoms with van der Waals surface area (Å²) in [5.41, 5.74) is 9.10. The summed E-state index contributed by atoms with van der Waals surface area (Å²) >= 11 is 0. The number of rotatable bonds is 8. The molecule has 0 saturated carbocycles. The van der Waals surface area contributed by atoms with Crippen molar-refractivity contribution in [1.29, 1.82) is 0 Å². The smallest absolute Gasteiger partial charge is 0.230 e. The van der Waals surface area contributed by atoms with E-state index in [2.05, 4.69) is 20.4 Å². The number of nitrogens with one attached hydrogen (secondary N) is 1. The molecule has 4 rings (SSSR count). The molecule has 1 aromatic carbocycles. The molecule has 10 nitrogen and oxygen atoms in total. The molecule has 3 aromatic heterocycles. The first-order chi connectivity index (χ1) is 16.3. The number of hydrogen-bond donors (Lipinski definition) is 2. The van der Waals surface area contributed by atoms with Crippen molar-refractivity contribution < 1.29 is 14.1 Å². The van der Waals surface area contributed by atoms with Crippen LogP contribution < -0.4 is 11.1 Å². The number of benzene rings is 1. The van der Waals surface area contributed by atoms with E-state index in [0.717, 1.165) is 17.5 Å². The average molecular weight is 464 g/mol. The molecular formula is C24H29N7O3. The van der Waals surface area contributed by atoms with Gasteiger partial charge in [-0.2, -0.15) is 5.10 Å². The summed E-state index contributed by atoms with van der Waals surface area (Å²) in [5.74, 6) is 1.33. The normalized spacial score (nSPS) is 11.8. The number of nitrogen functional groups attached to an aromatic ring is 1. The van der Waals surface area contributed by atoms with Gasteiger partial charge in [0, 0.05) is 37.3 Å². The zero-order valence-electron chi connectivity index (χ0n) is 19.8. The Morgan fingerprint density at radius 1 is 1.21 bits per heavy atom. The molecule has 0 fully saturated rings. The number of nitrogens with two attached hydrogens (primary N) is 1. The second-order valence-electron chi connectivity index (χ2n) is 9.12.